The highest BCUT2D eigenvalue weighted by molar-refractivity contribution is 5.03. The highest BCUT2D eigenvalue weighted by atomic mass is 16.5. The van der Waals surface area contributed by atoms with E-state index in [1.165, 1.54) is 0 Å². The molecule has 0 bridgehead atoms. The Bertz CT molecular complexity index is 222. The molecule has 1 heterocycles. The summed E-state index contributed by atoms with van der Waals surface area (Å²) in [6, 6.07) is 1.76. The van der Waals surface area contributed by atoms with Gasteiger partial charge >= 0.3 is 0 Å². The van der Waals surface area contributed by atoms with Crippen molar-refractivity contribution in [2.45, 2.75) is 19.4 Å². The maximum Gasteiger partial charge on any atom is 0.137 e. The molecule has 0 aliphatic rings. The van der Waals surface area contributed by atoms with Gasteiger partial charge in [0.25, 0.3) is 0 Å². The maximum atomic E-state index is 8.68. The molecule has 0 fully saturated rings. The molecule has 0 unspecified atom stereocenters. The third-order valence-corrected chi connectivity index (χ3v) is 1.54. The molecular formula is C8H13NO3. The maximum absolute atomic E-state index is 8.68. The fraction of sp³-hybridized carbons (Fsp3) is 0.625. The SMILES string of the molecule is COCCCc1cc(CO)no1. The standard InChI is InChI=1S/C8H13NO3/c1-11-4-2-3-8-5-7(6-10)9-12-8/h5,10H,2-4,6H2,1H3. The summed E-state index contributed by atoms with van der Waals surface area (Å²) in [6.07, 6.45) is 1.72. The van der Waals surface area contributed by atoms with Crippen LogP contribution in [0.3, 0.4) is 0 Å². The molecule has 68 valence electrons. The number of aliphatic hydroxyl groups excluding tert-OH is 1. The highest BCUT2D eigenvalue weighted by Crippen LogP contribution is 2.05. The summed E-state index contributed by atoms with van der Waals surface area (Å²) in [5.41, 5.74) is 0.586. The molecule has 1 N–H and O–H groups in total. The van der Waals surface area contributed by atoms with Gasteiger partial charge in [-0.25, -0.2) is 0 Å². The van der Waals surface area contributed by atoms with Crippen LogP contribution in [0.2, 0.25) is 0 Å². The van der Waals surface area contributed by atoms with E-state index in [1.807, 2.05) is 0 Å². The minimum absolute atomic E-state index is 0.0617. The molecule has 4 heteroatoms. The van der Waals surface area contributed by atoms with Gasteiger partial charge in [-0.05, 0) is 6.42 Å². The van der Waals surface area contributed by atoms with E-state index in [2.05, 4.69) is 5.16 Å². The van der Waals surface area contributed by atoms with E-state index < -0.39 is 0 Å². The molecule has 0 atom stereocenters. The van der Waals surface area contributed by atoms with Crippen molar-refractivity contribution in [1.29, 1.82) is 0 Å². The lowest BCUT2D eigenvalue weighted by molar-refractivity contribution is 0.192. The van der Waals surface area contributed by atoms with Gasteiger partial charge in [-0.15, -0.1) is 0 Å². The molecule has 1 aromatic heterocycles. The zero-order valence-corrected chi connectivity index (χ0v) is 7.12. The zero-order chi connectivity index (χ0) is 8.81. The van der Waals surface area contributed by atoms with E-state index in [1.54, 1.807) is 13.2 Å². The predicted octanol–water partition coefficient (Wildman–Crippen LogP) is 0.746. The van der Waals surface area contributed by atoms with Crippen molar-refractivity contribution in [3.63, 3.8) is 0 Å². The smallest absolute Gasteiger partial charge is 0.137 e. The number of ether oxygens (including phenoxy) is 1. The Morgan fingerprint density at radius 3 is 3.08 bits per heavy atom. The van der Waals surface area contributed by atoms with Crippen molar-refractivity contribution in [3.05, 3.63) is 17.5 Å². The Kier molecular flexibility index (Phi) is 3.76. The van der Waals surface area contributed by atoms with Gasteiger partial charge in [0, 0.05) is 26.2 Å². The summed E-state index contributed by atoms with van der Waals surface area (Å²) >= 11 is 0. The van der Waals surface area contributed by atoms with Crippen LogP contribution in [-0.4, -0.2) is 24.0 Å². The summed E-state index contributed by atoms with van der Waals surface area (Å²) in [5.74, 6) is 0.802. The molecule has 0 radical (unpaired) electrons. The van der Waals surface area contributed by atoms with E-state index in [9.17, 15) is 0 Å². The molecule has 0 amide bonds. The Balaban J connectivity index is 2.31. The monoisotopic (exact) mass is 171 g/mol. The largest absolute Gasteiger partial charge is 0.390 e. The summed E-state index contributed by atoms with van der Waals surface area (Å²) in [7, 11) is 1.67. The Morgan fingerprint density at radius 1 is 1.67 bits per heavy atom. The summed E-state index contributed by atoms with van der Waals surface area (Å²) < 4.78 is 9.82. The summed E-state index contributed by atoms with van der Waals surface area (Å²) in [4.78, 5) is 0. The van der Waals surface area contributed by atoms with Crippen molar-refractivity contribution in [2.75, 3.05) is 13.7 Å². The third kappa shape index (κ3) is 2.64. The van der Waals surface area contributed by atoms with E-state index in [-0.39, 0.29) is 6.61 Å². The molecule has 0 aliphatic heterocycles. The number of aliphatic hydroxyl groups is 1. The van der Waals surface area contributed by atoms with Gasteiger partial charge in [0.05, 0.1) is 6.61 Å². The van der Waals surface area contributed by atoms with Crippen LogP contribution >= 0.6 is 0 Å². The van der Waals surface area contributed by atoms with Gasteiger partial charge in [-0.2, -0.15) is 0 Å². The molecule has 0 spiro atoms. The first kappa shape index (κ1) is 9.22. The fourth-order valence-corrected chi connectivity index (χ4v) is 0.939. The number of aromatic nitrogens is 1. The number of nitrogens with zero attached hydrogens (tertiary/aromatic N) is 1. The van der Waals surface area contributed by atoms with Gasteiger partial charge in [0.15, 0.2) is 0 Å². The Labute approximate surface area is 71.1 Å². The highest BCUT2D eigenvalue weighted by Gasteiger charge is 2.01. The molecule has 4 nitrogen and oxygen atoms in total. The Morgan fingerprint density at radius 2 is 2.50 bits per heavy atom. The van der Waals surface area contributed by atoms with Crippen molar-refractivity contribution in [2.24, 2.45) is 0 Å². The molecule has 1 aromatic rings. The first-order valence-corrected chi connectivity index (χ1v) is 3.91. The van der Waals surface area contributed by atoms with E-state index >= 15 is 0 Å². The second kappa shape index (κ2) is 4.90. The lowest BCUT2D eigenvalue weighted by Crippen LogP contribution is -1.90. The second-order valence-electron chi connectivity index (χ2n) is 2.54. The van der Waals surface area contributed by atoms with E-state index in [4.69, 9.17) is 14.4 Å². The first-order chi connectivity index (χ1) is 5.86. The zero-order valence-electron chi connectivity index (χ0n) is 7.12. The van der Waals surface area contributed by atoms with E-state index in [0.29, 0.717) is 5.69 Å². The topological polar surface area (TPSA) is 55.5 Å². The van der Waals surface area contributed by atoms with Crippen molar-refractivity contribution >= 4 is 0 Å². The number of hydrogen-bond acceptors (Lipinski definition) is 4. The third-order valence-electron chi connectivity index (χ3n) is 1.54. The lowest BCUT2D eigenvalue weighted by atomic mass is 10.2. The quantitative estimate of drug-likeness (QED) is 0.664. The average Bonchev–Trinajstić information content (AvgIpc) is 2.53. The number of hydrogen-bond donors (Lipinski definition) is 1. The molecule has 0 aromatic carbocycles. The molecule has 0 saturated carbocycles. The van der Waals surface area contributed by atoms with Crippen molar-refractivity contribution < 1.29 is 14.4 Å². The number of methoxy groups -OCH3 is 1. The minimum atomic E-state index is -0.0617. The molecule has 0 aliphatic carbocycles. The van der Waals surface area contributed by atoms with Crippen LogP contribution in [0.25, 0.3) is 0 Å². The normalized spacial score (nSPS) is 10.5. The van der Waals surface area contributed by atoms with Crippen LogP contribution in [-0.2, 0) is 17.8 Å². The summed E-state index contributed by atoms with van der Waals surface area (Å²) in [6.45, 7) is 0.656. The van der Waals surface area contributed by atoms with Crippen LogP contribution in [0.1, 0.15) is 17.9 Å². The average molecular weight is 171 g/mol. The molecule has 0 saturated heterocycles. The van der Waals surface area contributed by atoms with Gasteiger partial charge in [0.1, 0.15) is 11.5 Å². The molecule has 1 rings (SSSR count). The summed E-state index contributed by atoms with van der Waals surface area (Å²) in [5, 5.41) is 12.3. The van der Waals surface area contributed by atoms with Crippen LogP contribution in [0.4, 0.5) is 0 Å². The van der Waals surface area contributed by atoms with Crippen molar-refractivity contribution in [3.8, 4) is 0 Å². The fourth-order valence-electron chi connectivity index (χ4n) is 0.939. The minimum Gasteiger partial charge on any atom is -0.390 e. The Hall–Kier alpha value is -0.870. The van der Waals surface area contributed by atoms with Gasteiger partial charge in [-0.3, -0.25) is 0 Å². The molecule has 12 heavy (non-hydrogen) atoms. The van der Waals surface area contributed by atoms with Crippen LogP contribution in [0.15, 0.2) is 10.6 Å². The first-order valence-electron chi connectivity index (χ1n) is 3.91. The predicted molar refractivity (Wildman–Crippen MR) is 42.6 cm³/mol. The van der Waals surface area contributed by atoms with Crippen LogP contribution in [0, 0.1) is 0 Å². The van der Waals surface area contributed by atoms with Gasteiger partial charge in [-0.1, -0.05) is 5.16 Å². The van der Waals surface area contributed by atoms with Crippen LogP contribution < -0.4 is 0 Å². The van der Waals surface area contributed by atoms with E-state index in [0.717, 1.165) is 25.2 Å². The van der Waals surface area contributed by atoms with Crippen molar-refractivity contribution in [1.82, 2.24) is 5.16 Å². The number of aryl methyl sites for hydroxylation is 1. The van der Waals surface area contributed by atoms with Gasteiger partial charge in [0.2, 0.25) is 0 Å². The lowest BCUT2D eigenvalue weighted by Gasteiger charge is -1.93. The number of rotatable bonds is 5. The van der Waals surface area contributed by atoms with Crippen LogP contribution in [0.5, 0.6) is 0 Å². The second-order valence-corrected chi connectivity index (χ2v) is 2.54. The van der Waals surface area contributed by atoms with Gasteiger partial charge < -0.3 is 14.4 Å². The molecular weight excluding hydrogens is 158 g/mol.